The number of rotatable bonds is 1. The van der Waals surface area contributed by atoms with Crippen LogP contribution in [0.15, 0.2) is 40.6 Å². The Balaban J connectivity index is 2.18. The fourth-order valence-electron chi connectivity index (χ4n) is 1.46. The van der Waals surface area contributed by atoms with E-state index < -0.39 is 8.32 Å². The Morgan fingerprint density at radius 3 is 2.79 bits per heavy atom. The molecule has 2 aliphatic rings. The van der Waals surface area contributed by atoms with Gasteiger partial charge in [-0.3, -0.25) is 0 Å². The fourth-order valence-corrected chi connectivity index (χ4v) is 2.19. The van der Waals surface area contributed by atoms with Crippen molar-refractivity contribution in [3.05, 3.63) is 35.6 Å². The number of allylic oxidation sites excluding steroid dienone is 3. The molecule has 1 aliphatic carbocycles. The molecule has 14 heavy (non-hydrogen) atoms. The lowest BCUT2D eigenvalue weighted by atomic mass is 10.1. The molecule has 2 nitrogen and oxygen atoms in total. The van der Waals surface area contributed by atoms with Gasteiger partial charge in [-0.25, -0.2) is 4.99 Å². The molecule has 0 saturated carbocycles. The van der Waals surface area contributed by atoms with Gasteiger partial charge in [0.05, 0.1) is 5.70 Å². The van der Waals surface area contributed by atoms with E-state index in [1.54, 1.807) is 0 Å². The van der Waals surface area contributed by atoms with Crippen LogP contribution in [0.3, 0.4) is 0 Å². The Morgan fingerprint density at radius 1 is 1.36 bits per heavy atom. The molecule has 0 radical (unpaired) electrons. The Hall–Kier alpha value is -1.09. The molecule has 0 spiro atoms. The van der Waals surface area contributed by atoms with Crippen molar-refractivity contribution in [3.63, 3.8) is 0 Å². The lowest BCUT2D eigenvalue weighted by molar-refractivity contribution is 0.558. The van der Waals surface area contributed by atoms with Crippen molar-refractivity contribution >= 4 is 14.2 Å². The summed E-state index contributed by atoms with van der Waals surface area (Å²) in [6.45, 7) is 6.50. The molecule has 3 heteroatoms. The van der Waals surface area contributed by atoms with Crippen LogP contribution in [-0.2, 0) is 4.43 Å². The summed E-state index contributed by atoms with van der Waals surface area (Å²) in [5.41, 5.74) is 2.25. The van der Waals surface area contributed by atoms with Gasteiger partial charge in [0, 0.05) is 11.6 Å². The van der Waals surface area contributed by atoms with Crippen molar-refractivity contribution < 1.29 is 4.43 Å². The average Bonchev–Trinajstić information content (AvgIpc) is 2.42. The molecule has 2 rings (SSSR count). The zero-order valence-corrected chi connectivity index (χ0v) is 9.87. The van der Waals surface area contributed by atoms with Gasteiger partial charge in [-0.15, -0.1) is 0 Å². The molecule has 0 N–H and O–H groups in total. The van der Waals surface area contributed by atoms with Crippen LogP contribution in [0.25, 0.3) is 0 Å². The number of hydrogen-bond acceptors (Lipinski definition) is 2. The summed E-state index contributed by atoms with van der Waals surface area (Å²) in [6.07, 6.45) is 9.39. The highest BCUT2D eigenvalue weighted by Crippen LogP contribution is 2.25. The number of aliphatic imine (C=N–C) groups is 1. The summed E-state index contributed by atoms with van der Waals surface area (Å²) in [5, 5.41) is 0. The van der Waals surface area contributed by atoms with Crippen LogP contribution in [-0.4, -0.2) is 14.2 Å². The second-order valence-electron chi connectivity index (χ2n) is 4.49. The monoisotopic (exact) mass is 205 g/mol. The highest BCUT2D eigenvalue weighted by molar-refractivity contribution is 6.71. The topological polar surface area (TPSA) is 21.6 Å². The van der Waals surface area contributed by atoms with Gasteiger partial charge in [0.25, 0.3) is 0 Å². The molecule has 74 valence electrons. The molecular weight excluding hydrogens is 190 g/mol. The quantitative estimate of drug-likeness (QED) is 0.603. The second kappa shape index (κ2) is 3.24. The van der Waals surface area contributed by atoms with E-state index in [1.807, 2.05) is 6.08 Å². The van der Waals surface area contributed by atoms with E-state index in [0.717, 1.165) is 18.0 Å². The molecule has 1 heterocycles. The van der Waals surface area contributed by atoms with Crippen molar-refractivity contribution in [2.45, 2.75) is 26.1 Å². The highest BCUT2D eigenvalue weighted by atomic mass is 28.4. The minimum Gasteiger partial charge on any atom is -0.531 e. The third-order valence-corrected chi connectivity index (χ3v) is 2.78. The van der Waals surface area contributed by atoms with E-state index in [1.165, 1.54) is 5.57 Å². The molecule has 0 saturated heterocycles. The van der Waals surface area contributed by atoms with Crippen molar-refractivity contribution in [3.8, 4) is 0 Å². The Bertz CT molecular complexity index is 369. The van der Waals surface area contributed by atoms with E-state index in [2.05, 4.69) is 42.9 Å². The van der Waals surface area contributed by atoms with E-state index >= 15 is 0 Å². The average molecular weight is 205 g/mol. The fraction of sp³-hybridized carbons (Fsp3) is 0.364. The van der Waals surface area contributed by atoms with Crippen molar-refractivity contribution in [1.29, 1.82) is 0 Å². The predicted octanol–water partition coefficient (Wildman–Crippen LogP) is 3.02. The lowest BCUT2D eigenvalue weighted by Crippen LogP contribution is -2.27. The third-order valence-electron chi connectivity index (χ3n) is 1.96. The standard InChI is InChI=1S/C11H15NOSi/c1-14(2,3)13-11-8-9-6-4-5-7-10(9)12-11/h4,6-8H,5H2,1-3H3. The number of fused-ring (bicyclic) bond motifs is 1. The summed E-state index contributed by atoms with van der Waals surface area (Å²) >= 11 is 0. The first-order valence-corrected chi connectivity index (χ1v) is 8.32. The molecule has 0 aromatic heterocycles. The van der Waals surface area contributed by atoms with Gasteiger partial charge in [-0.05, 0) is 26.1 Å². The molecule has 0 amide bonds. The van der Waals surface area contributed by atoms with Gasteiger partial charge < -0.3 is 4.43 Å². The SMILES string of the molecule is C[Si](C)(C)OC1=NC2=CCC=CC2=C1. The lowest BCUT2D eigenvalue weighted by Gasteiger charge is -2.17. The maximum Gasteiger partial charge on any atom is 0.244 e. The van der Waals surface area contributed by atoms with Gasteiger partial charge in [-0.2, -0.15) is 0 Å². The Morgan fingerprint density at radius 2 is 2.14 bits per heavy atom. The summed E-state index contributed by atoms with van der Waals surface area (Å²) in [5.74, 6) is 0.789. The van der Waals surface area contributed by atoms with Crippen LogP contribution < -0.4 is 0 Å². The molecule has 0 aromatic carbocycles. The highest BCUT2D eigenvalue weighted by Gasteiger charge is 2.21. The first-order chi connectivity index (χ1) is 6.54. The summed E-state index contributed by atoms with van der Waals surface area (Å²) < 4.78 is 5.83. The van der Waals surface area contributed by atoms with Crippen LogP contribution in [0.4, 0.5) is 0 Å². The number of hydrogen-bond donors (Lipinski definition) is 0. The zero-order valence-electron chi connectivity index (χ0n) is 8.87. The molecule has 0 aromatic rings. The van der Waals surface area contributed by atoms with Gasteiger partial charge in [0.1, 0.15) is 0 Å². The van der Waals surface area contributed by atoms with E-state index in [9.17, 15) is 0 Å². The van der Waals surface area contributed by atoms with Crippen LogP contribution in [0.2, 0.25) is 19.6 Å². The first-order valence-electron chi connectivity index (χ1n) is 4.91. The largest absolute Gasteiger partial charge is 0.531 e. The van der Waals surface area contributed by atoms with E-state index in [4.69, 9.17) is 4.43 Å². The van der Waals surface area contributed by atoms with Gasteiger partial charge in [0.15, 0.2) is 0 Å². The predicted molar refractivity (Wildman–Crippen MR) is 61.8 cm³/mol. The molecule has 0 unspecified atom stereocenters. The van der Waals surface area contributed by atoms with E-state index in [-0.39, 0.29) is 0 Å². The summed E-state index contributed by atoms with van der Waals surface area (Å²) in [7, 11) is -1.51. The summed E-state index contributed by atoms with van der Waals surface area (Å²) in [4.78, 5) is 4.44. The molecular formula is C11H15NOSi. The van der Waals surface area contributed by atoms with Crippen molar-refractivity contribution in [1.82, 2.24) is 0 Å². The van der Waals surface area contributed by atoms with Crippen molar-refractivity contribution in [2.75, 3.05) is 0 Å². The van der Waals surface area contributed by atoms with Gasteiger partial charge in [-0.1, -0.05) is 18.2 Å². The molecule has 0 bridgehead atoms. The second-order valence-corrected chi connectivity index (χ2v) is 8.92. The smallest absolute Gasteiger partial charge is 0.244 e. The van der Waals surface area contributed by atoms with Crippen LogP contribution >= 0.6 is 0 Å². The van der Waals surface area contributed by atoms with Crippen molar-refractivity contribution in [2.24, 2.45) is 4.99 Å². The maximum atomic E-state index is 5.83. The van der Waals surface area contributed by atoms with E-state index in [0.29, 0.717) is 0 Å². The Labute approximate surface area is 85.8 Å². The van der Waals surface area contributed by atoms with Crippen LogP contribution in [0.1, 0.15) is 6.42 Å². The van der Waals surface area contributed by atoms with Gasteiger partial charge >= 0.3 is 0 Å². The molecule has 1 aliphatic heterocycles. The number of nitrogens with zero attached hydrogens (tertiary/aromatic N) is 1. The zero-order chi connectivity index (χ0) is 10.2. The normalized spacial score (nSPS) is 19.8. The third kappa shape index (κ3) is 2.04. The minimum absolute atomic E-state index is 0.789. The maximum absolute atomic E-state index is 5.83. The Kier molecular flexibility index (Phi) is 2.19. The summed E-state index contributed by atoms with van der Waals surface area (Å²) in [6, 6.07) is 0. The first kappa shape index (κ1) is 9.46. The molecule has 0 fully saturated rings. The van der Waals surface area contributed by atoms with Gasteiger partial charge in [0.2, 0.25) is 14.2 Å². The molecule has 0 atom stereocenters. The minimum atomic E-state index is -1.51. The van der Waals surface area contributed by atoms with Crippen LogP contribution in [0.5, 0.6) is 0 Å². The van der Waals surface area contributed by atoms with Crippen LogP contribution in [0, 0.1) is 0 Å².